The summed E-state index contributed by atoms with van der Waals surface area (Å²) < 4.78 is 0. The molecule has 0 aromatic heterocycles. The van der Waals surface area contributed by atoms with Crippen LogP contribution < -0.4 is 15.5 Å². The Bertz CT molecular complexity index is 424. The van der Waals surface area contributed by atoms with Gasteiger partial charge in [0.25, 0.3) is 0 Å². The summed E-state index contributed by atoms with van der Waals surface area (Å²) in [4.78, 5) is 14.0. The van der Waals surface area contributed by atoms with Crippen LogP contribution in [0.4, 0.5) is 11.4 Å². The van der Waals surface area contributed by atoms with Gasteiger partial charge in [0.1, 0.15) is 6.04 Å². The Morgan fingerprint density at radius 2 is 1.90 bits per heavy atom. The van der Waals surface area contributed by atoms with Gasteiger partial charge >= 0.3 is 0 Å². The molecule has 1 aromatic rings. The molecule has 0 bridgehead atoms. The van der Waals surface area contributed by atoms with Gasteiger partial charge in [0.2, 0.25) is 5.91 Å². The maximum absolute atomic E-state index is 11.7. The number of nitrogens with one attached hydrogen (secondary N) is 2. The summed E-state index contributed by atoms with van der Waals surface area (Å²) in [6.45, 7) is 12.2. The molecule has 2 N–H and O–H groups in total. The zero-order valence-corrected chi connectivity index (χ0v) is 12.6. The third-order valence-corrected chi connectivity index (χ3v) is 3.19. The molecular weight excluding hydrogens is 250 g/mol. The van der Waals surface area contributed by atoms with E-state index in [1.54, 1.807) is 6.08 Å². The maximum atomic E-state index is 11.7. The molecule has 0 aliphatic rings. The van der Waals surface area contributed by atoms with Crippen LogP contribution in [-0.2, 0) is 4.79 Å². The van der Waals surface area contributed by atoms with Crippen LogP contribution in [0.2, 0.25) is 0 Å². The van der Waals surface area contributed by atoms with Crippen LogP contribution in [0.1, 0.15) is 20.8 Å². The Kier molecular flexibility index (Phi) is 6.64. The molecule has 4 heteroatoms. The van der Waals surface area contributed by atoms with Gasteiger partial charge in [0.05, 0.1) is 0 Å². The highest BCUT2D eigenvalue weighted by atomic mass is 16.2. The average molecular weight is 275 g/mol. The fourth-order valence-corrected chi connectivity index (χ4v) is 2.00. The molecule has 0 saturated carbocycles. The van der Waals surface area contributed by atoms with E-state index in [1.165, 1.54) is 5.69 Å². The van der Waals surface area contributed by atoms with Crippen molar-refractivity contribution < 1.29 is 4.79 Å². The number of anilines is 2. The van der Waals surface area contributed by atoms with Gasteiger partial charge < -0.3 is 15.5 Å². The average Bonchev–Trinajstić information content (AvgIpc) is 2.47. The van der Waals surface area contributed by atoms with Crippen LogP contribution >= 0.6 is 0 Å². The molecule has 0 saturated heterocycles. The molecular formula is C16H25N3O. The predicted octanol–water partition coefficient (Wildman–Crippen LogP) is 2.64. The first-order valence-corrected chi connectivity index (χ1v) is 7.12. The molecule has 1 aromatic carbocycles. The number of nitrogens with zero attached hydrogens (tertiary/aromatic N) is 1. The van der Waals surface area contributed by atoms with Crippen LogP contribution in [0.15, 0.2) is 36.9 Å². The second-order valence-corrected chi connectivity index (χ2v) is 4.62. The standard InChI is InChI=1S/C16H25N3O/c1-5-12-17-16(20)13(4)18-14-8-10-15(11-9-14)19(6-2)7-3/h5,8-11,13,18H,1,6-7,12H2,2-4H3,(H,17,20). The van der Waals surface area contributed by atoms with Crippen LogP contribution in [0, 0.1) is 0 Å². The predicted molar refractivity (Wildman–Crippen MR) is 86.3 cm³/mol. The lowest BCUT2D eigenvalue weighted by Crippen LogP contribution is -2.37. The van der Waals surface area contributed by atoms with Crippen LogP contribution in [0.3, 0.4) is 0 Å². The molecule has 0 fully saturated rings. The minimum atomic E-state index is -0.269. The lowest BCUT2D eigenvalue weighted by molar-refractivity contribution is -0.121. The zero-order valence-electron chi connectivity index (χ0n) is 12.6. The van der Waals surface area contributed by atoms with Crippen LogP contribution in [0.5, 0.6) is 0 Å². The van der Waals surface area contributed by atoms with E-state index in [0.717, 1.165) is 18.8 Å². The summed E-state index contributed by atoms with van der Waals surface area (Å²) in [6, 6.07) is 7.89. The first kappa shape index (κ1) is 16.1. The lowest BCUT2D eigenvalue weighted by atomic mass is 10.2. The number of rotatable bonds is 8. The summed E-state index contributed by atoms with van der Waals surface area (Å²) in [7, 11) is 0. The van der Waals surface area contributed by atoms with Gasteiger partial charge in [-0.1, -0.05) is 6.08 Å². The van der Waals surface area contributed by atoms with Gasteiger partial charge in [-0.05, 0) is 45.0 Å². The van der Waals surface area contributed by atoms with Gasteiger partial charge in [-0.25, -0.2) is 0 Å². The topological polar surface area (TPSA) is 44.4 Å². The highest BCUT2D eigenvalue weighted by Crippen LogP contribution is 2.18. The van der Waals surface area contributed by atoms with Crippen molar-refractivity contribution in [3.8, 4) is 0 Å². The van der Waals surface area contributed by atoms with E-state index in [0.29, 0.717) is 6.54 Å². The van der Waals surface area contributed by atoms with Gasteiger partial charge in [-0.15, -0.1) is 6.58 Å². The van der Waals surface area contributed by atoms with Gasteiger partial charge in [0, 0.05) is 31.0 Å². The summed E-state index contributed by atoms with van der Waals surface area (Å²) in [5, 5.41) is 5.96. The van der Waals surface area contributed by atoms with Gasteiger partial charge in [-0.2, -0.15) is 0 Å². The molecule has 0 heterocycles. The molecule has 0 aliphatic carbocycles. The highest BCUT2D eigenvalue weighted by molar-refractivity contribution is 5.84. The Hall–Kier alpha value is -1.97. The van der Waals surface area contributed by atoms with Crippen molar-refractivity contribution in [3.63, 3.8) is 0 Å². The molecule has 110 valence electrons. The molecule has 0 radical (unpaired) electrons. The number of hydrogen-bond donors (Lipinski definition) is 2. The summed E-state index contributed by atoms with van der Waals surface area (Å²) >= 11 is 0. The van der Waals surface area contributed by atoms with Gasteiger partial charge in [-0.3, -0.25) is 4.79 Å². The Morgan fingerprint density at radius 3 is 2.40 bits per heavy atom. The largest absolute Gasteiger partial charge is 0.374 e. The second kappa shape index (κ2) is 8.25. The van der Waals surface area contributed by atoms with E-state index in [-0.39, 0.29) is 11.9 Å². The monoisotopic (exact) mass is 275 g/mol. The Balaban J connectivity index is 2.60. The summed E-state index contributed by atoms with van der Waals surface area (Å²) in [5.74, 6) is -0.0299. The number of hydrogen-bond acceptors (Lipinski definition) is 3. The van der Waals surface area contributed by atoms with E-state index < -0.39 is 0 Å². The Labute approximate surface area is 121 Å². The number of carbonyl (C=O) groups excluding carboxylic acids is 1. The second-order valence-electron chi connectivity index (χ2n) is 4.62. The van der Waals surface area contributed by atoms with E-state index in [1.807, 2.05) is 19.1 Å². The van der Waals surface area contributed by atoms with Crippen molar-refractivity contribution in [3.05, 3.63) is 36.9 Å². The van der Waals surface area contributed by atoms with Crippen molar-refractivity contribution in [2.24, 2.45) is 0 Å². The normalized spacial score (nSPS) is 11.6. The van der Waals surface area contributed by atoms with E-state index in [4.69, 9.17) is 0 Å². The molecule has 1 rings (SSSR count). The van der Waals surface area contributed by atoms with Crippen molar-refractivity contribution >= 4 is 17.3 Å². The first-order valence-electron chi connectivity index (χ1n) is 7.12. The minimum Gasteiger partial charge on any atom is -0.374 e. The minimum absolute atomic E-state index is 0.0299. The third-order valence-electron chi connectivity index (χ3n) is 3.19. The third kappa shape index (κ3) is 4.61. The molecule has 0 aliphatic heterocycles. The Morgan fingerprint density at radius 1 is 1.30 bits per heavy atom. The number of amides is 1. The van der Waals surface area contributed by atoms with Crippen molar-refractivity contribution in [2.45, 2.75) is 26.8 Å². The molecule has 1 atom stereocenters. The summed E-state index contributed by atoms with van der Waals surface area (Å²) in [6.07, 6.45) is 1.67. The van der Waals surface area contributed by atoms with Crippen molar-refractivity contribution in [1.82, 2.24) is 5.32 Å². The fraction of sp³-hybridized carbons (Fsp3) is 0.438. The highest BCUT2D eigenvalue weighted by Gasteiger charge is 2.11. The zero-order chi connectivity index (χ0) is 15.0. The summed E-state index contributed by atoms with van der Waals surface area (Å²) in [5.41, 5.74) is 2.14. The lowest BCUT2D eigenvalue weighted by Gasteiger charge is -2.21. The number of benzene rings is 1. The van der Waals surface area contributed by atoms with Gasteiger partial charge in [0.15, 0.2) is 0 Å². The molecule has 0 spiro atoms. The van der Waals surface area contributed by atoms with E-state index >= 15 is 0 Å². The quantitative estimate of drug-likeness (QED) is 0.717. The smallest absolute Gasteiger partial charge is 0.242 e. The van der Waals surface area contributed by atoms with Crippen LogP contribution in [0.25, 0.3) is 0 Å². The molecule has 1 unspecified atom stereocenters. The molecule has 20 heavy (non-hydrogen) atoms. The van der Waals surface area contributed by atoms with Crippen LogP contribution in [-0.4, -0.2) is 31.6 Å². The fourth-order valence-electron chi connectivity index (χ4n) is 2.00. The first-order chi connectivity index (χ1) is 9.62. The number of carbonyl (C=O) groups is 1. The van der Waals surface area contributed by atoms with E-state index in [2.05, 4.69) is 48.1 Å². The maximum Gasteiger partial charge on any atom is 0.242 e. The van der Waals surface area contributed by atoms with Crippen molar-refractivity contribution in [1.29, 1.82) is 0 Å². The van der Waals surface area contributed by atoms with E-state index in [9.17, 15) is 4.79 Å². The molecule has 1 amide bonds. The SMILES string of the molecule is C=CCNC(=O)C(C)Nc1ccc(N(CC)CC)cc1. The van der Waals surface area contributed by atoms with Crippen molar-refractivity contribution in [2.75, 3.05) is 29.9 Å². The molecule has 4 nitrogen and oxygen atoms in total.